The number of nitro groups is 1. The Hall–Kier alpha value is -4.04. The third kappa shape index (κ3) is 4.87. The number of hydrogen-bond donors (Lipinski definition) is 2. The van der Waals surface area contributed by atoms with Gasteiger partial charge in [-0.1, -0.05) is 0 Å². The predicted octanol–water partition coefficient (Wildman–Crippen LogP) is 2.56. The van der Waals surface area contributed by atoms with Crippen LogP contribution in [0.5, 0.6) is 5.75 Å². The van der Waals surface area contributed by atoms with E-state index in [-0.39, 0.29) is 47.2 Å². The monoisotopic (exact) mass is 584 g/mol. The summed E-state index contributed by atoms with van der Waals surface area (Å²) in [5.41, 5.74) is -0.492. The summed E-state index contributed by atoms with van der Waals surface area (Å²) in [6, 6.07) is 1.18. The van der Waals surface area contributed by atoms with Gasteiger partial charge in [-0.05, 0) is 54.1 Å². The molecule has 0 amide bonds. The van der Waals surface area contributed by atoms with Crippen molar-refractivity contribution >= 4 is 28.4 Å². The minimum Gasteiger partial charge on any atom is -0.492 e. The van der Waals surface area contributed by atoms with Crippen molar-refractivity contribution in [2.45, 2.75) is 57.3 Å². The summed E-state index contributed by atoms with van der Waals surface area (Å²) in [5.74, 6) is -1.39. The number of carboxylic acid groups (broad SMARTS) is 1. The fourth-order valence-electron chi connectivity index (χ4n) is 6.73. The molecule has 42 heavy (non-hydrogen) atoms. The van der Waals surface area contributed by atoms with Crippen molar-refractivity contribution < 1.29 is 29.1 Å². The normalized spacial score (nSPS) is 21.5. The first-order valence-electron chi connectivity index (χ1n) is 14.1. The molecule has 3 atom stereocenters. The standard InChI is InChI=1S/C28H33FN6O7/c1-15-30-23(35(40)41)14-32(15)11-18(36)10-31-7-3-4-16-9-33(13-22(16)31)25-21(29)8-19-24(27(25)42-2)34(17-5-6-17)12-20(26(19)37)28(38)39/h8,12,14,16-18,22,36H,3-7,9-11,13H2,1-2H3,(H,38,39)/t16-,18?,22+/m0/s1. The third-order valence-electron chi connectivity index (χ3n) is 8.79. The van der Waals surface area contributed by atoms with Crippen molar-refractivity contribution in [3.8, 4) is 5.75 Å². The van der Waals surface area contributed by atoms with E-state index in [9.17, 15) is 29.9 Å². The van der Waals surface area contributed by atoms with Gasteiger partial charge in [-0.15, -0.1) is 0 Å². The number of rotatable bonds is 9. The van der Waals surface area contributed by atoms with Gasteiger partial charge in [-0.2, -0.15) is 0 Å². The zero-order valence-electron chi connectivity index (χ0n) is 23.4. The van der Waals surface area contributed by atoms with Crippen LogP contribution in [0.15, 0.2) is 23.3 Å². The Morgan fingerprint density at radius 1 is 1.26 bits per heavy atom. The topological polar surface area (TPSA) is 156 Å². The van der Waals surface area contributed by atoms with E-state index in [0.717, 1.165) is 38.3 Å². The van der Waals surface area contributed by atoms with Crippen LogP contribution in [-0.4, -0.2) is 85.6 Å². The maximum atomic E-state index is 15.9. The molecule has 4 heterocycles. The number of piperidine rings is 1. The van der Waals surface area contributed by atoms with Crippen LogP contribution in [0.2, 0.25) is 0 Å². The van der Waals surface area contributed by atoms with Crippen molar-refractivity contribution in [1.29, 1.82) is 0 Å². The van der Waals surface area contributed by atoms with Gasteiger partial charge in [0.25, 0.3) is 0 Å². The van der Waals surface area contributed by atoms with Crippen LogP contribution in [0.3, 0.4) is 0 Å². The summed E-state index contributed by atoms with van der Waals surface area (Å²) in [4.78, 5) is 43.4. The summed E-state index contributed by atoms with van der Waals surface area (Å²) in [6.07, 6.45) is 5.37. The lowest BCUT2D eigenvalue weighted by atomic mass is 9.92. The van der Waals surface area contributed by atoms with Crippen molar-refractivity contribution in [2.24, 2.45) is 5.92 Å². The molecule has 2 N–H and O–H groups in total. The minimum absolute atomic E-state index is 0.0112. The second-order valence-electron chi connectivity index (χ2n) is 11.5. The second kappa shape index (κ2) is 10.7. The average molecular weight is 585 g/mol. The number of nitrogens with zero attached hydrogens (tertiary/aromatic N) is 6. The van der Waals surface area contributed by atoms with Gasteiger partial charge in [0.05, 0.1) is 30.7 Å². The van der Waals surface area contributed by atoms with E-state index >= 15 is 4.39 Å². The number of carbonyl (C=O) groups is 1. The lowest BCUT2D eigenvalue weighted by Gasteiger charge is -2.37. The number of aliphatic hydroxyl groups is 1. The summed E-state index contributed by atoms with van der Waals surface area (Å²) >= 11 is 0. The molecule has 0 radical (unpaired) electrons. The Morgan fingerprint density at radius 3 is 2.67 bits per heavy atom. The summed E-state index contributed by atoms with van der Waals surface area (Å²) in [6.45, 7) is 3.95. The second-order valence-corrected chi connectivity index (χ2v) is 11.5. The Labute approximate surface area is 239 Å². The number of anilines is 1. The molecule has 1 saturated carbocycles. The van der Waals surface area contributed by atoms with Crippen molar-refractivity contribution in [3.05, 3.63) is 56.0 Å². The molecule has 6 rings (SSSR count). The fraction of sp³-hybridized carbons (Fsp3) is 0.536. The predicted molar refractivity (Wildman–Crippen MR) is 150 cm³/mol. The smallest absolute Gasteiger partial charge is 0.381 e. The van der Waals surface area contributed by atoms with Crippen LogP contribution in [0.25, 0.3) is 10.9 Å². The number of pyridine rings is 1. The summed E-state index contributed by atoms with van der Waals surface area (Å²) < 4.78 is 25.0. The maximum absolute atomic E-state index is 15.9. The van der Waals surface area contributed by atoms with E-state index < -0.39 is 33.8 Å². The van der Waals surface area contributed by atoms with E-state index in [1.54, 1.807) is 16.1 Å². The maximum Gasteiger partial charge on any atom is 0.381 e. The highest BCUT2D eigenvalue weighted by atomic mass is 19.1. The largest absolute Gasteiger partial charge is 0.492 e. The highest BCUT2D eigenvalue weighted by Gasteiger charge is 2.42. The van der Waals surface area contributed by atoms with Gasteiger partial charge in [0.1, 0.15) is 17.4 Å². The number of aliphatic hydroxyl groups excluding tert-OH is 1. The summed E-state index contributed by atoms with van der Waals surface area (Å²) in [7, 11) is 1.43. The molecule has 3 fully saturated rings. The number of fused-ring (bicyclic) bond motifs is 2. The number of aryl methyl sites for hydroxylation is 1. The number of aromatic nitrogens is 3. The van der Waals surface area contributed by atoms with Crippen LogP contribution < -0.4 is 15.1 Å². The number of hydrogen-bond acceptors (Lipinski definition) is 9. The molecule has 224 valence electrons. The van der Waals surface area contributed by atoms with Crippen molar-refractivity contribution in [3.63, 3.8) is 0 Å². The Kier molecular flexibility index (Phi) is 7.13. The molecule has 3 aliphatic rings. The first kappa shape index (κ1) is 28.1. The molecule has 2 saturated heterocycles. The first-order valence-corrected chi connectivity index (χ1v) is 14.1. The van der Waals surface area contributed by atoms with E-state index in [1.165, 1.54) is 19.5 Å². The lowest BCUT2D eigenvalue weighted by molar-refractivity contribution is -0.389. The minimum atomic E-state index is -1.35. The number of β-amino-alcohol motifs (C(OH)–C–C–N with tert-alkyl or cyclic N) is 1. The van der Waals surface area contributed by atoms with Gasteiger partial charge >= 0.3 is 11.8 Å². The number of ether oxygens (including phenoxy) is 1. The number of halogens is 1. The van der Waals surface area contributed by atoms with Crippen LogP contribution in [0.4, 0.5) is 15.9 Å². The van der Waals surface area contributed by atoms with Gasteiger partial charge in [-0.3, -0.25) is 9.69 Å². The van der Waals surface area contributed by atoms with Gasteiger partial charge < -0.3 is 39.1 Å². The number of methoxy groups -OCH3 is 1. The van der Waals surface area contributed by atoms with Gasteiger partial charge in [0.2, 0.25) is 11.3 Å². The van der Waals surface area contributed by atoms with E-state index in [4.69, 9.17) is 4.74 Å². The molecule has 0 spiro atoms. The van der Waals surface area contributed by atoms with E-state index in [2.05, 4.69) is 9.88 Å². The molecule has 1 aromatic carbocycles. The molecule has 13 nitrogen and oxygen atoms in total. The molecular weight excluding hydrogens is 551 g/mol. The van der Waals surface area contributed by atoms with E-state index in [1.807, 2.05) is 4.90 Å². The molecule has 14 heteroatoms. The lowest BCUT2D eigenvalue weighted by Crippen LogP contribution is -2.48. The highest BCUT2D eigenvalue weighted by molar-refractivity contribution is 5.97. The quantitative estimate of drug-likeness (QED) is 0.283. The number of aromatic carboxylic acids is 1. The van der Waals surface area contributed by atoms with Crippen molar-refractivity contribution in [2.75, 3.05) is 38.2 Å². The first-order chi connectivity index (χ1) is 20.1. The molecule has 2 aliphatic heterocycles. The van der Waals surface area contributed by atoms with Crippen molar-refractivity contribution in [1.82, 2.24) is 19.0 Å². The number of carboxylic acids is 1. The Bertz CT molecular complexity index is 1630. The van der Waals surface area contributed by atoms with E-state index in [0.29, 0.717) is 31.0 Å². The Balaban J connectivity index is 1.29. The summed E-state index contributed by atoms with van der Waals surface area (Å²) in [5, 5.41) is 31.6. The SMILES string of the molecule is COc1c(N2C[C@@H]3CCCN(CC(O)Cn4cc([N+](=O)[O-])nc4C)[C@@H]3C2)c(F)cc2c(=O)c(C(=O)O)cn(C3CC3)c12. The zero-order valence-corrected chi connectivity index (χ0v) is 23.4. The van der Waals surface area contributed by atoms with Crippen LogP contribution in [0.1, 0.15) is 47.9 Å². The Morgan fingerprint density at radius 2 is 2.02 bits per heavy atom. The molecule has 0 bridgehead atoms. The molecule has 3 aromatic rings. The third-order valence-corrected chi connectivity index (χ3v) is 8.79. The molecule has 1 unspecified atom stereocenters. The van der Waals surface area contributed by atoms with Crippen LogP contribution in [0, 0.1) is 28.8 Å². The van der Waals surface area contributed by atoms with Gasteiger partial charge in [0, 0.05) is 44.8 Å². The molecule has 1 aliphatic carbocycles. The van der Waals surface area contributed by atoms with Gasteiger partial charge in [-0.25, -0.2) is 9.18 Å². The highest BCUT2D eigenvalue weighted by Crippen LogP contribution is 2.45. The fourth-order valence-corrected chi connectivity index (χ4v) is 6.73. The zero-order chi connectivity index (χ0) is 29.9. The number of likely N-dealkylation sites (tertiary alicyclic amines) is 1. The molecule has 2 aromatic heterocycles. The number of imidazole rings is 1. The van der Waals surface area contributed by atoms with Crippen LogP contribution >= 0.6 is 0 Å². The average Bonchev–Trinajstić information content (AvgIpc) is 3.58. The van der Waals surface area contributed by atoms with Crippen LogP contribution in [-0.2, 0) is 6.54 Å². The van der Waals surface area contributed by atoms with Gasteiger partial charge in [0.15, 0.2) is 11.6 Å². The molecular formula is C28H33FN6O7. The number of benzene rings is 1.